The molecular formula is C19H29N3O3. The van der Waals surface area contributed by atoms with Crippen molar-refractivity contribution in [1.29, 1.82) is 0 Å². The van der Waals surface area contributed by atoms with Crippen molar-refractivity contribution in [3.8, 4) is 5.75 Å². The van der Waals surface area contributed by atoms with Gasteiger partial charge in [-0.25, -0.2) is 0 Å². The minimum atomic E-state index is 0.244. The van der Waals surface area contributed by atoms with Gasteiger partial charge in [0.15, 0.2) is 0 Å². The Morgan fingerprint density at radius 3 is 2.36 bits per heavy atom. The van der Waals surface area contributed by atoms with Crippen LogP contribution in [0.1, 0.15) is 6.42 Å². The van der Waals surface area contributed by atoms with E-state index in [1.165, 1.54) is 0 Å². The number of carbonyl (C=O) groups excluding carboxylic acids is 1. The van der Waals surface area contributed by atoms with Crippen LogP contribution in [0, 0.1) is 0 Å². The van der Waals surface area contributed by atoms with E-state index in [2.05, 4.69) is 9.80 Å². The highest BCUT2D eigenvalue weighted by Gasteiger charge is 2.22. The van der Waals surface area contributed by atoms with Gasteiger partial charge in [0.1, 0.15) is 5.75 Å². The summed E-state index contributed by atoms with van der Waals surface area (Å²) in [7, 11) is 0. The second kappa shape index (κ2) is 9.75. The van der Waals surface area contributed by atoms with Crippen LogP contribution >= 0.6 is 0 Å². The molecule has 6 nitrogen and oxygen atoms in total. The normalized spacial score (nSPS) is 19.8. The van der Waals surface area contributed by atoms with Crippen molar-refractivity contribution in [3.05, 3.63) is 30.3 Å². The maximum atomic E-state index is 12.3. The van der Waals surface area contributed by atoms with Gasteiger partial charge in [0.2, 0.25) is 5.91 Å². The lowest BCUT2D eigenvalue weighted by Crippen LogP contribution is -2.51. The fraction of sp³-hybridized carbons (Fsp3) is 0.632. The zero-order valence-electron chi connectivity index (χ0n) is 14.9. The van der Waals surface area contributed by atoms with Crippen LogP contribution in [0.2, 0.25) is 0 Å². The zero-order valence-corrected chi connectivity index (χ0v) is 14.9. The number of nitrogens with zero attached hydrogens (tertiary/aromatic N) is 3. The Hall–Kier alpha value is -1.63. The van der Waals surface area contributed by atoms with Crippen LogP contribution in [0.15, 0.2) is 30.3 Å². The van der Waals surface area contributed by atoms with Crippen molar-refractivity contribution >= 4 is 5.91 Å². The van der Waals surface area contributed by atoms with Crippen molar-refractivity contribution in [2.75, 3.05) is 72.2 Å². The van der Waals surface area contributed by atoms with Crippen LogP contribution in [-0.4, -0.2) is 92.8 Å². The highest BCUT2D eigenvalue weighted by molar-refractivity contribution is 5.78. The summed E-state index contributed by atoms with van der Waals surface area (Å²) in [4.78, 5) is 19.0. The standard InChI is InChI=1S/C19H29N3O3/c23-19(22-12-15-24-16-13-22)17-21-10-8-20(9-11-21)7-4-14-25-18-5-2-1-3-6-18/h1-3,5-6H,4,7-17H2. The molecule has 2 aliphatic rings. The van der Waals surface area contributed by atoms with E-state index >= 15 is 0 Å². The van der Waals surface area contributed by atoms with Gasteiger partial charge < -0.3 is 19.3 Å². The summed E-state index contributed by atoms with van der Waals surface area (Å²) in [6.45, 7) is 9.16. The van der Waals surface area contributed by atoms with Gasteiger partial charge in [0.25, 0.3) is 0 Å². The maximum absolute atomic E-state index is 12.3. The van der Waals surface area contributed by atoms with Gasteiger partial charge in [-0.2, -0.15) is 0 Å². The Morgan fingerprint density at radius 1 is 0.960 bits per heavy atom. The smallest absolute Gasteiger partial charge is 0.236 e. The molecule has 0 aromatic heterocycles. The van der Waals surface area contributed by atoms with Crippen molar-refractivity contribution in [3.63, 3.8) is 0 Å². The summed E-state index contributed by atoms with van der Waals surface area (Å²) in [6, 6.07) is 9.96. The first-order chi connectivity index (χ1) is 12.3. The molecule has 2 aliphatic heterocycles. The van der Waals surface area contributed by atoms with Gasteiger partial charge in [0.05, 0.1) is 26.4 Å². The number of hydrogen-bond acceptors (Lipinski definition) is 5. The molecule has 0 spiro atoms. The number of rotatable bonds is 7. The van der Waals surface area contributed by atoms with E-state index in [9.17, 15) is 4.79 Å². The van der Waals surface area contributed by atoms with E-state index < -0.39 is 0 Å². The summed E-state index contributed by atoms with van der Waals surface area (Å²) in [5.41, 5.74) is 0. The lowest BCUT2D eigenvalue weighted by molar-refractivity contribution is -0.136. The number of hydrogen-bond donors (Lipinski definition) is 0. The number of ether oxygens (including phenoxy) is 2. The van der Waals surface area contributed by atoms with E-state index in [4.69, 9.17) is 9.47 Å². The number of morpholine rings is 1. The topological polar surface area (TPSA) is 45.2 Å². The molecule has 0 aliphatic carbocycles. The lowest BCUT2D eigenvalue weighted by Gasteiger charge is -2.36. The molecule has 2 fully saturated rings. The predicted octanol–water partition coefficient (Wildman–Crippen LogP) is 0.932. The third-order valence-electron chi connectivity index (χ3n) is 4.82. The van der Waals surface area contributed by atoms with Crippen LogP contribution in [0.3, 0.4) is 0 Å². The lowest BCUT2D eigenvalue weighted by atomic mass is 10.2. The third kappa shape index (κ3) is 5.99. The van der Waals surface area contributed by atoms with Crippen molar-refractivity contribution in [2.24, 2.45) is 0 Å². The summed E-state index contributed by atoms with van der Waals surface area (Å²) < 4.78 is 11.0. The van der Waals surface area contributed by atoms with Crippen molar-refractivity contribution in [1.82, 2.24) is 14.7 Å². The highest BCUT2D eigenvalue weighted by atomic mass is 16.5. The Kier molecular flexibility index (Phi) is 7.09. The van der Waals surface area contributed by atoms with Gasteiger partial charge in [-0.3, -0.25) is 9.69 Å². The van der Waals surface area contributed by atoms with E-state index in [1.807, 2.05) is 35.2 Å². The Balaban J connectivity index is 1.27. The monoisotopic (exact) mass is 347 g/mol. The minimum Gasteiger partial charge on any atom is -0.494 e. The molecule has 1 aromatic carbocycles. The molecule has 0 radical (unpaired) electrons. The SMILES string of the molecule is O=C(CN1CCN(CCCOc2ccccc2)CC1)N1CCOCC1. The first-order valence-corrected chi connectivity index (χ1v) is 9.29. The molecule has 0 unspecified atom stereocenters. The minimum absolute atomic E-state index is 0.244. The second-order valence-corrected chi connectivity index (χ2v) is 6.63. The maximum Gasteiger partial charge on any atom is 0.236 e. The van der Waals surface area contributed by atoms with Crippen molar-refractivity contribution < 1.29 is 14.3 Å². The summed E-state index contributed by atoms with van der Waals surface area (Å²) in [5, 5.41) is 0. The molecule has 2 saturated heterocycles. The van der Waals surface area contributed by atoms with Crippen LogP contribution in [0.25, 0.3) is 0 Å². The first-order valence-electron chi connectivity index (χ1n) is 9.29. The van der Waals surface area contributed by atoms with E-state index in [0.717, 1.165) is 64.6 Å². The fourth-order valence-electron chi connectivity index (χ4n) is 3.27. The number of carbonyl (C=O) groups is 1. The van der Waals surface area contributed by atoms with Gasteiger partial charge in [-0.1, -0.05) is 18.2 Å². The number of para-hydroxylation sites is 1. The fourth-order valence-corrected chi connectivity index (χ4v) is 3.27. The van der Waals surface area contributed by atoms with Crippen LogP contribution in [0.5, 0.6) is 5.75 Å². The molecule has 2 heterocycles. The number of benzene rings is 1. The molecule has 3 rings (SSSR count). The van der Waals surface area contributed by atoms with Crippen LogP contribution < -0.4 is 4.74 Å². The van der Waals surface area contributed by atoms with Gasteiger partial charge >= 0.3 is 0 Å². The third-order valence-corrected chi connectivity index (χ3v) is 4.82. The Morgan fingerprint density at radius 2 is 1.64 bits per heavy atom. The molecule has 0 saturated carbocycles. The highest BCUT2D eigenvalue weighted by Crippen LogP contribution is 2.09. The molecule has 0 atom stereocenters. The number of amides is 1. The van der Waals surface area contributed by atoms with Gasteiger partial charge in [0, 0.05) is 45.8 Å². The van der Waals surface area contributed by atoms with E-state index in [0.29, 0.717) is 19.8 Å². The molecule has 25 heavy (non-hydrogen) atoms. The summed E-state index contributed by atoms with van der Waals surface area (Å²) in [5.74, 6) is 1.18. The molecular weight excluding hydrogens is 318 g/mol. The second-order valence-electron chi connectivity index (χ2n) is 6.63. The molecule has 0 bridgehead atoms. The van der Waals surface area contributed by atoms with Crippen molar-refractivity contribution in [2.45, 2.75) is 6.42 Å². The Labute approximate surface area is 150 Å². The molecule has 0 N–H and O–H groups in total. The Bertz CT molecular complexity index is 512. The largest absolute Gasteiger partial charge is 0.494 e. The average Bonchev–Trinajstić information content (AvgIpc) is 2.68. The summed E-state index contributed by atoms with van der Waals surface area (Å²) >= 11 is 0. The molecule has 6 heteroatoms. The number of piperazine rings is 1. The molecule has 1 aromatic rings. The molecule has 138 valence electrons. The quantitative estimate of drug-likeness (QED) is 0.687. The van der Waals surface area contributed by atoms with E-state index in [1.54, 1.807) is 0 Å². The van der Waals surface area contributed by atoms with Crippen LogP contribution in [-0.2, 0) is 9.53 Å². The average molecular weight is 347 g/mol. The molecule has 1 amide bonds. The van der Waals surface area contributed by atoms with Gasteiger partial charge in [-0.05, 0) is 18.6 Å². The summed E-state index contributed by atoms with van der Waals surface area (Å²) in [6.07, 6.45) is 1.03. The predicted molar refractivity (Wildman–Crippen MR) is 96.8 cm³/mol. The van der Waals surface area contributed by atoms with Gasteiger partial charge in [-0.15, -0.1) is 0 Å². The first kappa shape index (κ1) is 18.2. The zero-order chi connectivity index (χ0) is 17.3. The van der Waals surface area contributed by atoms with Crippen LogP contribution in [0.4, 0.5) is 0 Å². The van der Waals surface area contributed by atoms with E-state index in [-0.39, 0.29) is 5.91 Å².